The van der Waals surface area contributed by atoms with Gasteiger partial charge in [-0.05, 0) is 68.8 Å². The van der Waals surface area contributed by atoms with Crippen molar-refractivity contribution in [3.05, 3.63) is 90.0 Å². The topological polar surface area (TPSA) is 79.5 Å². The molecule has 0 unspecified atom stereocenters. The van der Waals surface area contributed by atoms with Crippen molar-refractivity contribution < 1.29 is 14.3 Å². The Labute approximate surface area is 189 Å². The van der Waals surface area contributed by atoms with Crippen LogP contribution in [0.3, 0.4) is 0 Å². The van der Waals surface area contributed by atoms with Crippen LogP contribution in [-0.2, 0) is 11.4 Å². The van der Waals surface area contributed by atoms with Crippen LogP contribution in [0.4, 0.5) is 11.4 Å². The van der Waals surface area contributed by atoms with Crippen molar-refractivity contribution in [3.8, 4) is 5.75 Å². The summed E-state index contributed by atoms with van der Waals surface area (Å²) in [6, 6.07) is 24.3. The second-order valence-electron chi connectivity index (χ2n) is 8.49. The fourth-order valence-corrected chi connectivity index (χ4v) is 2.95. The van der Waals surface area contributed by atoms with Crippen molar-refractivity contribution in [1.29, 1.82) is 0 Å². The first-order chi connectivity index (χ1) is 15.3. The van der Waals surface area contributed by atoms with E-state index in [4.69, 9.17) is 4.74 Å². The highest BCUT2D eigenvalue weighted by atomic mass is 16.5. The monoisotopic (exact) mass is 431 g/mol. The maximum atomic E-state index is 12.3. The number of benzene rings is 3. The lowest BCUT2D eigenvalue weighted by Gasteiger charge is -2.20. The molecule has 166 valence electrons. The zero-order valence-electron chi connectivity index (χ0n) is 18.6. The van der Waals surface area contributed by atoms with Crippen molar-refractivity contribution >= 4 is 23.2 Å². The van der Waals surface area contributed by atoms with Crippen molar-refractivity contribution in [2.75, 3.05) is 17.2 Å². The Morgan fingerprint density at radius 3 is 2.25 bits per heavy atom. The summed E-state index contributed by atoms with van der Waals surface area (Å²) in [5.41, 5.74) is 2.70. The third-order valence-corrected chi connectivity index (χ3v) is 4.45. The molecule has 3 N–H and O–H groups in total. The summed E-state index contributed by atoms with van der Waals surface area (Å²) in [6.07, 6.45) is 0. The number of hydrogen-bond donors (Lipinski definition) is 3. The molecule has 6 nitrogen and oxygen atoms in total. The van der Waals surface area contributed by atoms with E-state index in [1.165, 1.54) is 0 Å². The summed E-state index contributed by atoms with van der Waals surface area (Å²) in [7, 11) is 0. The molecule has 0 radical (unpaired) electrons. The molecule has 6 heteroatoms. The summed E-state index contributed by atoms with van der Waals surface area (Å²) in [6.45, 7) is 6.36. The molecular formula is C26H29N3O3. The van der Waals surface area contributed by atoms with E-state index >= 15 is 0 Å². The van der Waals surface area contributed by atoms with E-state index in [0.717, 1.165) is 11.3 Å². The molecule has 3 aromatic rings. The summed E-state index contributed by atoms with van der Waals surface area (Å²) < 4.78 is 5.76. The van der Waals surface area contributed by atoms with Gasteiger partial charge in [0.15, 0.2) is 0 Å². The predicted molar refractivity (Wildman–Crippen MR) is 128 cm³/mol. The van der Waals surface area contributed by atoms with Crippen LogP contribution < -0.4 is 20.7 Å². The highest BCUT2D eigenvalue weighted by Crippen LogP contribution is 2.17. The van der Waals surface area contributed by atoms with Crippen LogP contribution in [-0.4, -0.2) is 23.9 Å². The number of rotatable bonds is 8. The molecule has 3 aromatic carbocycles. The molecule has 0 saturated heterocycles. The third kappa shape index (κ3) is 7.47. The molecule has 0 spiro atoms. The first-order valence-electron chi connectivity index (χ1n) is 10.5. The van der Waals surface area contributed by atoms with Gasteiger partial charge in [-0.2, -0.15) is 0 Å². The van der Waals surface area contributed by atoms with E-state index in [0.29, 0.717) is 23.5 Å². The van der Waals surface area contributed by atoms with Crippen LogP contribution >= 0.6 is 0 Å². The molecule has 0 atom stereocenters. The van der Waals surface area contributed by atoms with Gasteiger partial charge in [-0.25, -0.2) is 0 Å². The molecule has 3 rings (SSSR count). The van der Waals surface area contributed by atoms with Gasteiger partial charge in [-0.15, -0.1) is 0 Å². The minimum atomic E-state index is -0.317. The number of carbonyl (C=O) groups excluding carboxylic acids is 2. The van der Waals surface area contributed by atoms with Crippen LogP contribution in [0.1, 0.15) is 36.7 Å². The van der Waals surface area contributed by atoms with Gasteiger partial charge in [-0.3, -0.25) is 9.59 Å². The molecular weight excluding hydrogens is 402 g/mol. The first kappa shape index (κ1) is 22.9. The van der Waals surface area contributed by atoms with Gasteiger partial charge in [0.1, 0.15) is 12.4 Å². The number of nitrogens with one attached hydrogen (secondary N) is 3. The number of anilines is 2. The molecule has 0 heterocycles. The number of carbonyl (C=O) groups is 2. The van der Waals surface area contributed by atoms with Gasteiger partial charge in [0, 0.05) is 22.5 Å². The molecule has 0 aliphatic rings. The first-order valence-corrected chi connectivity index (χ1v) is 10.5. The summed E-state index contributed by atoms with van der Waals surface area (Å²) in [5.74, 6) is 0.392. The molecule has 2 amide bonds. The molecule has 0 fully saturated rings. The van der Waals surface area contributed by atoms with Gasteiger partial charge < -0.3 is 20.7 Å². The fraction of sp³-hybridized carbons (Fsp3) is 0.231. The Balaban J connectivity index is 1.47. The Kier molecular flexibility index (Phi) is 7.49. The Morgan fingerprint density at radius 2 is 1.56 bits per heavy atom. The van der Waals surface area contributed by atoms with Crippen LogP contribution in [0.5, 0.6) is 5.75 Å². The minimum absolute atomic E-state index is 0.0800. The van der Waals surface area contributed by atoms with Gasteiger partial charge in [-0.1, -0.05) is 36.4 Å². The normalized spacial score (nSPS) is 10.8. The standard InChI is InChI=1S/C26H29N3O3/c1-26(2,3)29-25(31)20-10-7-11-22(16-20)27-17-24(30)28-21-12-14-23(15-13-21)32-18-19-8-5-4-6-9-19/h4-16,27H,17-18H2,1-3H3,(H,28,30)(H,29,31). The largest absolute Gasteiger partial charge is 0.489 e. The van der Waals surface area contributed by atoms with Gasteiger partial charge in [0.25, 0.3) is 5.91 Å². The van der Waals surface area contributed by atoms with Crippen molar-refractivity contribution in [3.63, 3.8) is 0 Å². The van der Waals surface area contributed by atoms with Gasteiger partial charge >= 0.3 is 0 Å². The maximum Gasteiger partial charge on any atom is 0.251 e. The van der Waals surface area contributed by atoms with E-state index in [2.05, 4.69) is 16.0 Å². The molecule has 0 saturated carbocycles. The van der Waals surface area contributed by atoms with Crippen LogP contribution in [0.25, 0.3) is 0 Å². The van der Waals surface area contributed by atoms with Crippen LogP contribution in [0.15, 0.2) is 78.9 Å². The Morgan fingerprint density at radius 1 is 0.844 bits per heavy atom. The summed E-state index contributed by atoms with van der Waals surface area (Å²) in [4.78, 5) is 24.6. The zero-order chi connectivity index (χ0) is 23.0. The van der Waals surface area contributed by atoms with E-state index in [-0.39, 0.29) is 23.9 Å². The quantitative estimate of drug-likeness (QED) is 0.477. The molecule has 32 heavy (non-hydrogen) atoms. The Hall–Kier alpha value is -3.80. The average Bonchev–Trinajstić information content (AvgIpc) is 2.77. The highest BCUT2D eigenvalue weighted by Gasteiger charge is 2.15. The second kappa shape index (κ2) is 10.5. The number of ether oxygens (including phenoxy) is 1. The fourth-order valence-electron chi connectivity index (χ4n) is 2.95. The molecule has 0 bridgehead atoms. The molecule has 0 aliphatic carbocycles. The van der Waals surface area contributed by atoms with Gasteiger partial charge in [0.2, 0.25) is 5.91 Å². The Bertz CT molecular complexity index is 1040. The second-order valence-corrected chi connectivity index (χ2v) is 8.49. The van der Waals surface area contributed by atoms with Crippen molar-refractivity contribution in [1.82, 2.24) is 5.32 Å². The summed E-state index contributed by atoms with van der Waals surface area (Å²) in [5, 5.41) is 8.83. The van der Waals surface area contributed by atoms with Crippen LogP contribution in [0.2, 0.25) is 0 Å². The zero-order valence-corrected chi connectivity index (χ0v) is 18.6. The van der Waals surface area contributed by atoms with E-state index in [1.54, 1.807) is 30.3 Å². The highest BCUT2D eigenvalue weighted by molar-refractivity contribution is 5.96. The van der Waals surface area contributed by atoms with Crippen LogP contribution in [0, 0.1) is 0 Å². The average molecular weight is 432 g/mol. The molecule has 0 aromatic heterocycles. The minimum Gasteiger partial charge on any atom is -0.489 e. The van der Waals surface area contributed by atoms with E-state index < -0.39 is 0 Å². The SMILES string of the molecule is CC(C)(C)NC(=O)c1cccc(NCC(=O)Nc2ccc(OCc3ccccc3)cc2)c1. The number of hydrogen-bond acceptors (Lipinski definition) is 4. The molecule has 0 aliphatic heterocycles. The van der Waals surface area contributed by atoms with Crippen molar-refractivity contribution in [2.24, 2.45) is 0 Å². The van der Waals surface area contributed by atoms with Gasteiger partial charge in [0.05, 0.1) is 6.54 Å². The predicted octanol–water partition coefficient (Wildman–Crippen LogP) is 4.84. The lowest BCUT2D eigenvalue weighted by atomic mass is 10.1. The third-order valence-electron chi connectivity index (χ3n) is 4.45. The summed E-state index contributed by atoms with van der Waals surface area (Å²) >= 11 is 0. The van der Waals surface area contributed by atoms with E-state index in [1.807, 2.05) is 69.3 Å². The lowest BCUT2D eigenvalue weighted by Crippen LogP contribution is -2.40. The maximum absolute atomic E-state index is 12.3. The lowest BCUT2D eigenvalue weighted by molar-refractivity contribution is -0.114. The smallest absolute Gasteiger partial charge is 0.251 e. The number of amides is 2. The van der Waals surface area contributed by atoms with E-state index in [9.17, 15) is 9.59 Å². The van der Waals surface area contributed by atoms with Crippen molar-refractivity contribution in [2.45, 2.75) is 32.9 Å².